The molecule has 1 radical (unpaired) electrons. The minimum absolute atomic E-state index is 0.0109. The molecule has 97 valence electrons. The third-order valence-corrected chi connectivity index (χ3v) is 2.11. The molecular weight excluding hydrogens is 251 g/mol. The van der Waals surface area contributed by atoms with Gasteiger partial charge in [0.15, 0.2) is 0 Å². The summed E-state index contributed by atoms with van der Waals surface area (Å²) in [6.07, 6.45) is -3.56. The number of nitro benzene ring substituents is 1. The Morgan fingerprint density at radius 3 is 2.50 bits per heavy atom. The van der Waals surface area contributed by atoms with Crippen LogP contribution in [-0.4, -0.2) is 11.3 Å². The Hall–Kier alpha value is -2.05. The fourth-order valence-electron chi connectivity index (χ4n) is 1.32. The molecule has 1 aromatic carbocycles. The number of nitro groups is 1. The van der Waals surface area contributed by atoms with Gasteiger partial charge in [0.25, 0.3) is 5.69 Å². The summed E-state index contributed by atoms with van der Waals surface area (Å²) in [4.78, 5) is 10.0. The average Bonchev–Trinajstić information content (AvgIpc) is 2.25. The highest BCUT2D eigenvalue weighted by Crippen LogP contribution is 2.32. The van der Waals surface area contributed by atoms with Crippen LogP contribution in [0.3, 0.4) is 0 Å². The SMILES string of the molecule is [CH2]C(C=C)c1cc(OC(F)(F)F)ccc1[N+](=O)[O-]. The highest BCUT2D eigenvalue weighted by molar-refractivity contribution is 5.49. The van der Waals surface area contributed by atoms with Crippen molar-refractivity contribution in [2.75, 3.05) is 0 Å². The molecule has 0 aromatic heterocycles. The number of ether oxygens (including phenoxy) is 1. The van der Waals surface area contributed by atoms with E-state index in [4.69, 9.17) is 0 Å². The predicted molar refractivity (Wildman–Crippen MR) is 58.1 cm³/mol. The van der Waals surface area contributed by atoms with Crippen LogP contribution in [0.15, 0.2) is 30.9 Å². The number of hydrogen-bond donors (Lipinski definition) is 0. The van der Waals surface area contributed by atoms with Crippen molar-refractivity contribution in [3.05, 3.63) is 53.5 Å². The van der Waals surface area contributed by atoms with E-state index in [0.29, 0.717) is 0 Å². The van der Waals surface area contributed by atoms with Gasteiger partial charge >= 0.3 is 6.36 Å². The zero-order chi connectivity index (χ0) is 13.9. The number of nitrogens with zero attached hydrogens (tertiary/aromatic N) is 1. The molecular formula is C11H9F3NO3. The second-order valence-electron chi connectivity index (χ2n) is 3.37. The van der Waals surface area contributed by atoms with Gasteiger partial charge in [-0.1, -0.05) is 6.08 Å². The number of hydrogen-bond acceptors (Lipinski definition) is 3. The summed E-state index contributed by atoms with van der Waals surface area (Å²) in [6, 6.07) is 2.76. The summed E-state index contributed by atoms with van der Waals surface area (Å²) < 4.78 is 39.8. The zero-order valence-electron chi connectivity index (χ0n) is 9.11. The lowest BCUT2D eigenvalue weighted by molar-refractivity contribution is -0.385. The normalized spacial score (nSPS) is 12.9. The van der Waals surface area contributed by atoms with Crippen LogP contribution in [0.2, 0.25) is 0 Å². The van der Waals surface area contributed by atoms with Crippen LogP contribution in [0.25, 0.3) is 0 Å². The van der Waals surface area contributed by atoms with Crippen LogP contribution in [-0.2, 0) is 0 Å². The molecule has 7 heteroatoms. The molecule has 0 bridgehead atoms. The second kappa shape index (κ2) is 5.07. The summed E-state index contributed by atoms with van der Waals surface area (Å²) in [7, 11) is 0. The van der Waals surface area contributed by atoms with E-state index in [9.17, 15) is 23.3 Å². The van der Waals surface area contributed by atoms with Crippen molar-refractivity contribution in [2.24, 2.45) is 0 Å². The van der Waals surface area contributed by atoms with Gasteiger partial charge in [-0.15, -0.1) is 19.8 Å². The zero-order valence-corrected chi connectivity index (χ0v) is 9.11. The third-order valence-electron chi connectivity index (χ3n) is 2.11. The average molecular weight is 260 g/mol. The van der Waals surface area contributed by atoms with Gasteiger partial charge in [0.05, 0.1) is 4.92 Å². The van der Waals surface area contributed by atoms with Gasteiger partial charge in [-0.2, -0.15) is 0 Å². The predicted octanol–water partition coefficient (Wildman–Crippen LogP) is 3.60. The first-order valence-electron chi connectivity index (χ1n) is 4.74. The summed E-state index contributed by atoms with van der Waals surface area (Å²) >= 11 is 0. The summed E-state index contributed by atoms with van der Waals surface area (Å²) in [5, 5.41) is 10.7. The van der Waals surface area contributed by atoms with E-state index in [1.54, 1.807) is 0 Å². The minimum atomic E-state index is -4.85. The molecule has 0 fully saturated rings. The Bertz CT molecular complexity index is 471. The Morgan fingerprint density at radius 2 is 2.06 bits per heavy atom. The van der Waals surface area contributed by atoms with Gasteiger partial charge in [0.2, 0.25) is 0 Å². The molecule has 4 nitrogen and oxygen atoms in total. The Kier molecular flexibility index (Phi) is 3.95. The van der Waals surface area contributed by atoms with Gasteiger partial charge in [-0.05, 0) is 19.1 Å². The first-order chi connectivity index (χ1) is 8.24. The molecule has 0 aliphatic rings. The maximum atomic E-state index is 12.0. The number of benzene rings is 1. The molecule has 0 saturated heterocycles. The van der Waals surface area contributed by atoms with Gasteiger partial charge in [0.1, 0.15) is 5.75 Å². The number of alkyl halides is 3. The third kappa shape index (κ3) is 3.47. The maximum absolute atomic E-state index is 12.0. The molecule has 0 saturated carbocycles. The van der Waals surface area contributed by atoms with Crippen LogP contribution in [0, 0.1) is 17.0 Å². The van der Waals surface area contributed by atoms with Crippen LogP contribution in [0.1, 0.15) is 11.5 Å². The molecule has 0 aliphatic carbocycles. The molecule has 1 aromatic rings. The van der Waals surface area contributed by atoms with Gasteiger partial charge in [0, 0.05) is 17.5 Å². The lowest BCUT2D eigenvalue weighted by Gasteiger charge is -2.12. The number of halogens is 3. The number of allylic oxidation sites excluding steroid dienone is 1. The quantitative estimate of drug-likeness (QED) is 0.472. The molecule has 18 heavy (non-hydrogen) atoms. The minimum Gasteiger partial charge on any atom is -0.406 e. The van der Waals surface area contributed by atoms with Gasteiger partial charge < -0.3 is 4.74 Å². The molecule has 1 rings (SSSR count). The molecule has 0 spiro atoms. The summed E-state index contributed by atoms with van der Waals surface area (Å²) in [6.45, 7) is 6.94. The van der Waals surface area contributed by atoms with Crippen molar-refractivity contribution in [3.8, 4) is 5.75 Å². The van der Waals surface area contributed by atoms with Crippen LogP contribution in [0.4, 0.5) is 18.9 Å². The van der Waals surface area contributed by atoms with Gasteiger partial charge in [-0.25, -0.2) is 0 Å². The Balaban J connectivity index is 3.21. The highest BCUT2D eigenvalue weighted by atomic mass is 19.4. The van der Waals surface area contributed by atoms with E-state index in [1.807, 2.05) is 0 Å². The summed E-state index contributed by atoms with van der Waals surface area (Å²) in [5.74, 6) is -1.24. The topological polar surface area (TPSA) is 52.4 Å². The molecule has 0 aliphatic heterocycles. The molecule has 0 N–H and O–H groups in total. The lowest BCUT2D eigenvalue weighted by Crippen LogP contribution is -2.17. The second-order valence-corrected chi connectivity index (χ2v) is 3.37. The van der Waals surface area contributed by atoms with Crippen molar-refractivity contribution >= 4 is 5.69 Å². The van der Waals surface area contributed by atoms with E-state index in [0.717, 1.165) is 18.2 Å². The van der Waals surface area contributed by atoms with E-state index < -0.39 is 23.0 Å². The Morgan fingerprint density at radius 1 is 1.44 bits per heavy atom. The first kappa shape index (κ1) is 14.0. The van der Waals surface area contributed by atoms with E-state index in [1.165, 1.54) is 6.08 Å². The molecule has 0 amide bonds. The van der Waals surface area contributed by atoms with Crippen molar-refractivity contribution in [3.63, 3.8) is 0 Å². The van der Waals surface area contributed by atoms with Crippen molar-refractivity contribution in [1.29, 1.82) is 0 Å². The smallest absolute Gasteiger partial charge is 0.406 e. The van der Waals surface area contributed by atoms with Crippen molar-refractivity contribution < 1.29 is 22.8 Å². The molecule has 1 unspecified atom stereocenters. The van der Waals surface area contributed by atoms with Crippen molar-refractivity contribution in [2.45, 2.75) is 12.3 Å². The van der Waals surface area contributed by atoms with E-state index >= 15 is 0 Å². The first-order valence-corrected chi connectivity index (χ1v) is 4.74. The number of rotatable bonds is 4. The lowest BCUT2D eigenvalue weighted by atomic mass is 9.99. The van der Waals surface area contributed by atoms with Crippen LogP contribution in [0.5, 0.6) is 5.75 Å². The maximum Gasteiger partial charge on any atom is 0.573 e. The highest BCUT2D eigenvalue weighted by Gasteiger charge is 2.32. The standard InChI is InChI=1S/C11H9F3NO3/c1-3-7(2)9-6-8(18-11(12,13)14)4-5-10(9)15(16)17/h3-7H,1-2H2. The Labute approximate surface area is 101 Å². The fraction of sp³-hybridized carbons (Fsp3) is 0.182. The van der Waals surface area contributed by atoms with Gasteiger partial charge in [-0.3, -0.25) is 10.1 Å². The van der Waals surface area contributed by atoms with E-state index in [-0.39, 0.29) is 11.3 Å². The molecule has 1 atom stereocenters. The summed E-state index contributed by atoms with van der Waals surface area (Å²) in [5.41, 5.74) is -0.318. The van der Waals surface area contributed by atoms with Crippen LogP contribution < -0.4 is 4.74 Å². The largest absolute Gasteiger partial charge is 0.573 e. The molecule has 0 heterocycles. The van der Waals surface area contributed by atoms with Crippen molar-refractivity contribution in [1.82, 2.24) is 0 Å². The fourth-order valence-corrected chi connectivity index (χ4v) is 1.32. The monoisotopic (exact) mass is 260 g/mol. The van der Waals surface area contributed by atoms with E-state index in [2.05, 4.69) is 18.2 Å². The van der Waals surface area contributed by atoms with Crippen LogP contribution >= 0.6 is 0 Å².